The van der Waals surface area contributed by atoms with Crippen molar-refractivity contribution in [2.24, 2.45) is 7.05 Å². The number of nitrogens with one attached hydrogen (secondary N) is 1. The van der Waals surface area contributed by atoms with Gasteiger partial charge in [-0.2, -0.15) is 10.4 Å². The fourth-order valence-corrected chi connectivity index (χ4v) is 2.42. The second-order valence-corrected chi connectivity index (χ2v) is 4.81. The van der Waals surface area contributed by atoms with Crippen molar-refractivity contribution >= 4 is 11.6 Å². The Morgan fingerprint density at radius 3 is 2.95 bits per heavy atom. The molecule has 0 fully saturated rings. The van der Waals surface area contributed by atoms with E-state index in [4.69, 9.17) is 0 Å². The maximum Gasteiger partial charge on any atom is 0.153 e. The molecule has 1 aliphatic carbocycles. The maximum absolute atomic E-state index is 9.25. The third-order valence-corrected chi connectivity index (χ3v) is 3.38. The van der Waals surface area contributed by atoms with Crippen LogP contribution in [0.5, 0.6) is 0 Å². The third-order valence-electron chi connectivity index (χ3n) is 3.38. The van der Waals surface area contributed by atoms with Gasteiger partial charge in [-0.1, -0.05) is 0 Å². The second-order valence-electron chi connectivity index (χ2n) is 4.81. The summed E-state index contributed by atoms with van der Waals surface area (Å²) >= 11 is 0. The van der Waals surface area contributed by atoms with Crippen LogP contribution in [0.4, 0.5) is 11.6 Å². The van der Waals surface area contributed by atoms with Crippen molar-refractivity contribution in [2.45, 2.75) is 25.7 Å². The number of aryl methyl sites for hydroxylation is 3. The molecule has 0 atom stereocenters. The van der Waals surface area contributed by atoms with E-state index in [2.05, 4.69) is 21.5 Å². The minimum atomic E-state index is 0.589. The molecule has 0 aliphatic heterocycles. The summed E-state index contributed by atoms with van der Waals surface area (Å²) in [5, 5.41) is 16.6. The molecule has 5 nitrogen and oxygen atoms in total. The quantitative estimate of drug-likeness (QED) is 0.891. The van der Waals surface area contributed by atoms with Crippen molar-refractivity contribution in [2.75, 3.05) is 5.32 Å². The second kappa shape index (κ2) is 4.73. The lowest BCUT2D eigenvalue weighted by Crippen LogP contribution is -2.09. The van der Waals surface area contributed by atoms with Gasteiger partial charge in [0.2, 0.25) is 0 Å². The molecule has 0 unspecified atom stereocenters. The summed E-state index contributed by atoms with van der Waals surface area (Å²) in [6, 6.07) is 6.04. The van der Waals surface area contributed by atoms with E-state index in [0.29, 0.717) is 17.2 Å². The van der Waals surface area contributed by atoms with Crippen molar-refractivity contribution in [3.63, 3.8) is 0 Å². The van der Waals surface area contributed by atoms with Crippen LogP contribution in [0.3, 0.4) is 0 Å². The predicted molar refractivity (Wildman–Crippen MR) is 72.1 cm³/mol. The molecular formula is C14H15N5. The van der Waals surface area contributed by atoms with E-state index in [1.54, 1.807) is 4.68 Å². The number of aromatic nitrogens is 3. The number of hydrogen-bond acceptors (Lipinski definition) is 4. The normalized spacial score (nSPS) is 13.7. The minimum Gasteiger partial charge on any atom is -0.322 e. The van der Waals surface area contributed by atoms with Crippen LogP contribution in [0.25, 0.3) is 0 Å². The highest BCUT2D eigenvalue weighted by Crippen LogP contribution is 2.25. The molecule has 0 aromatic carbocycles. The zero-order valence-corrected chi connectivity index (χ0v) is 10.8. The molecule has 1 aliphatic rings. The van der Waals surface area contributed by atoms with Crippen LogP contribution in [-0.4, -0.2) is 14.8 Å². The fourth-order valence-electron chi connectivity index (χ4n) is 2.42. The maximum atomic E-state index is 9.25. The minimum absolute atomic E-state index is 0.589. The molecule has 5 heteroatoms. The summed E-state index contributed by atoms with van der Waals surface area (Å²) in [6.45, 7) is 0. The summed E-state index contributed by atoms with van der Waals surface area (Å²) in [4.78, 5) is 4.61. The van der Waals surface area contributed by atoms with Crippen LogP contribution in [0, 0.1) is 11.3 Å². The molecule has 2 heterocycles. The zero-order chi connectivity index (χ0) is 13.2. The Morgan fingerprint density at radius 1 is 1.37 bits per heavy atom. The average molecular weight is 253 g/mol. The molecule has 0 saturated carbocycles. The molecule has 0 bridgehead atoms. The molecule has 0 amide bonds. The highest BCUT2D eigenvalue weighted by molar-refractivity contribution is 5.61. The standard InChI is InChI=1S/C14H15N5/c1-19-7-6-13(18-19)17-14-11(9-15)8-10-4-2-3-5-12(10)16-14/h6-8H,2-5H2,1H3,(H,16,17,18). The van der Waals surface area contributed by atoms with Crippen LogP contribution in [-0.2, 0) is 19.9 Å². The van der Waals surface area contributed by atoms with E-state index in [1.807, 2.05) is 25.4 Å². The van der Waals surface area contributed by atoms with Gasteiger partial charge in [0.1, 0.15) is 11.9 Å². The number of fused-ring (bicyclic) bond motifs is 1. The van der Waals surface area contributed by atoms with E-state index < -0.39 is 0 Å². The molecule has 1 N–H and O–H groups in total. The molecule has 19 heavy (non-hydrogen) atoms. The number of nitriles is 1. The van der Waals surface area contributed by atoms with Crippen LogP contribution in [0.15, 0.2) is 18.3 Å². The summed E-state index contributed by atoms with van der Waals surface area (Å²) in [5.74, 6) is 1.32. The van der Waals surface area contributed by atoms with E-state index in [9.17, 15) is 5.26 Å². The van der Waals surface area contributed by atoms with Gasteiger partial charge >= 0.3 is 0 Å². The summed E-state index contributed by atoms with van der Waals surface area (Å²) < 4.78 is 1.72. The Bertz CT molecular complexity index is 650. The van der Waals surface area contributed by atoms with Gasteiger partial charge in [-0.3, -0.25) is 4.68 Å². The SMILES string of the molecule is Cn1ccc(Nc2nc3c(cc2C#N)CCCC3)n1. The Balaban J connectivity index is 1.98. The third kappa shape index (κ3) is 2.29. The van der Waals surface area contributed by atoms with Crippen LogP contribution < -0.4 is 5.32 Å². The Kier molecular flexibility index (Phi) is 2.92. The van der Waals surface area contributed by atoms with Gasteiger partial charge in [0, 0.05) is 25.0 Å². The van der Waals surface area contributed by atoms with E-state index in [1.165, 1.54) is 18.4 Å². The first-order valence-corrected chi connectivity index (χ1v) is 6.46. The monoisotopic (exact) mass is 253 g/mol. The molecule has 0 saturated heterocycles. The Hall–Kier alpha value is -2.35. The van der Waals surface area contributed by atoms with Gasteiger partial charge in [-0.15, -0.1) is 0 Å². The van der Waals surface area contributed by atoms with Crippen molar-refractivity contribution in [1.29, 1.82) is 5.26 Å². The number of pyridine rings is 1. The first kappa shape index (κ1) is 11.7. The topological polar surface area (TPSA) is 66.5 Å². The Labute approximate surface area is 111 Å². The molecule has 96 valence electrons. The summed E-state index contributed by atoms with van der Waals surface area (Å²) in [5.41, 5.74) is 2.92. The fraction of sp³-hybridized carbons (Fsp3) is 0.357. The largest absolute Gasteiger partial charge is 0.322 e. The van der Waals surface area contributed by atoms with Crippen molar-refractivity contribution in [1.82, 2.24) is 14.8 Å². The summed E-state index contributed by atoms with van der Waals surface area (Å²) in [7, 11) is 1.86. The van der Waals surface area contributed by atoms with E-state index in [-0.39, 0.29) is 0 Å². The van der Waals surface area contributed by atoms with Gasteiger partial charge < -0.3 is 5.32 Å². The molecule has 2 aromatic heterocycles. The highest BCUT2D eigenvalue weighted by Gasteiger charge is 2.15. The molecule has 0 spiro atoms. The molecule has 2 aromatic rings. The van der Waals surface area contributed by atoms with Crippen LogP contribution in [0.1, 0.15) is 29.7 Å². The molecule has 3 rings (SSSR count). The first-order valence-electron chi connectivity index (χ1n) is 6.46. The summed E-state index contributed by atoms with van der Waals surface area (Å²) in [6.07, 6.45) is 6.24. The van der Waals surface area contributed by atoms with E-state index >= 15 is 0 Å². The smallest absolute Gasteiger partial charge is 0.153 e. The number of rotatable bonds is 2. The zero-order valence-electron chi connectivity index (χ0n) is 10.8. The molecule has 0 radical (unpaired) electrons. The van der Waals surface area contributed by atoms with Crippen molar-refractivity contribution < 1.29 is 0 Å². The molecular weight excluding hydrogens is 238 g/mol. The number of anilines is 2. The van der Waals surface area contributed by atoms with Gasteiger partial charge in [0.15, 0.2) is 5.82 Å². The van der Waals surface area contributed by atoms with Gasteiger partial charge in [0.05, 0.1) is 5.56 Å². The lowest BCUT2D eigenvalue weighted by molar-refractivity contribution is 0.668. The van der Waals surface area contributed by atoms with Crippen LogP contribution >= 0.6 is 0 Å². The van der Waals surface area contributed by atoms with Crippen LogP contribution in [0.2, 0.25) is 0 Å². The number of hydrogen-bond donors (Lipinski definition) is 1. The van der Waals surface area contributed by atoms with Gasteiger partial charge in [-0.05, 0) is 37.3 Å². The lowest BCUT2D eigenvalue weighted by Gasteiger charge is -2.16. The van der Waals surface area contributed by atoms with Gasteiger partial charge in [0.25, 0.3) is 0 Å². The van der Waals surface area contributed by atoms with Gasteiger partial charge in [-0.25, -0.2) is 4.98 Å². The average Bonchev–Trinajstić information content (AvgIpc) is 2.83. The Morgan fingerprint density at radius 2 is 2.21 bits per heavy atom. The van der Waals surface area contributed by atoms with E-state index in [0.717, 1.165) is 18.5 Å². The van der Waals surface area contributed by atoms with Crippen molar-refractivity contribution in [3.8, 4) is 6.07 Å². The van der Waals surface area contributed by atoms with Crippen molar-refractivity contribution in [3.05, 3.63) is 35.2 Å². The predicted octanol–water partition coefficient (Wildman–Crippen LogP) is 2.31. The lowest BCUT2D eigenvalue weighted by atomic mass is 9.95. The number of nitrogens with zero attached hydrogens (tertiary/aromatic N) is 4. The highest BCUT2D eigenvalue weighted by atomic mass is 15.3. The first-order chi connectivity index (χ1) is 9.26.